The summed E-state index contributed by atoms with van der Waals surface area (Å²) in [5, 5.41) is 19.6. The van der Waals surface area contributed by atoms with Crippen LogP contribution in [0.5, 0.6) is 0 Å². The van der Waals surface area contributed by atoms with Crippen LogP contribution in [0.4, 0.5) is 11.4 Å². The van der Waals surface area contributed by atoms with E-state index in [9.17, 15) is 10.1 Å². The molecule has 1 fully saturated rings. The zero-order chi connectivity index (χ0) is 13.1. The van der Waals surface area contributed by atoms with E-state index in [0.717, 1.165) is 36.1 Å². The van der Waals surface area contributed by atoms with Crippen LogP contribution in [0.1, 0.15) is 12.8 Å². The smallest absolute Gasteiger partial charge is 0.270 e. The van der Waals surface area contributed by atoms with Crippen LogP contribution < -0.4 is 4.90 Å². The molecule has 1 heterocycles. The summed E-state index contributed by atoms with van der Waals surface area (Å²) in [5.74, 6) is 0.511. The number of nitro groups is 1. The third-order valence-corrected chi connectivity index (χ3v) is 3.94. The van der Waals surface area contributed by atoms with Crippen LogP contribution in [0.2, 0.25) is 0 Å². The van der Waals surface area contributed by atoms with Gasteiger partial charge in [0.25, 0.3) is 5.69 Å². The number of hydrogen-bond acceptors (Lipinski definition) is 4. The molecule has 0 saturated carbocycles. The molecular formula is C12H15BrN2O3. The predicted molar refractivity (Wildman–Crippen MR) is 72.8 cm³/mol. The second-order valence-corrected chi connectivity index (χ2v) is 5.36. The minimum absolute atomic E-state index is 0.0942. The minimum Gasteiger partial charge on any atom is -0.396 e. The van der Waals surface area contributed by atoms with Gasteiger partial charge in [0.1, 0.15) is 0 Å². The molecule has 18 heavy (non-hydrogen) atoms. The molecule has 0 bridgehead atoms. The average molecular weight is 315 g/mol. The molecule has 98 valence electrons. The first-order chi connectivity index (χ1) is 8.61. The van der Waals surface area contributed by atoms with Gasteiger partial charge in [-0.25, -0.2) is 0 Å². The van der Waals surface area contributed by atoms with Crippen LogP contribution in [0.15, 0.2) is 22.7 Å². The lowest BCUT2D eigenvalue weighted by molar-refractivity contribution is -0.384. The topological polar surface area (TPSA) is 66.6 Å². The summed E-state index contributed by atoms with van der Waals surface area (Å²) in [7, 11) is 0. The number of benzene rings is 1. The first kappa shape index (κ1) is 13.3. The Hall–Kier alpha value is -1.14. The fourth-order valence-electron chi connectivity index (χ4n) is 2.34. The van der Waals surface area contributed by atoms with Crippen molar-refractivity contribution in [1.82, 2.24) is 0 Å². The second-order valence-electron chi connectivity index (χ2n) is 4.51. The first-order valence-electron chi connectivity index (χ1n) is 5.91. The van der Waals surface area contributed by atoms with Gasteiger partial charge >= 0.3 is 0 Å². The number of anilines is 1. The van der Waals surface area contributed by atoms with Crippen LogP contribution in [0, 0.1) is 16.0 Å². The molecule has 1 saturated heterocycles. The number of non-ortho nitro benzene ring substituents is 1. The monoisotopic (exact) mass is 314 g/mol. The Morgan fingerprint density at radius 2 is 2.33 bits per heavy atom. The van der Waals surface area contributed by atoms with E-state index < -0.39 is 4.92 Å². The molecule has 1 atom stereocenters. The molecule has 6 heteroatoms. The molecule has 1 N–H and O–H groups in total. The zero-order valence-electron chi connectivity index (χ0n) is 9.88. The Bertz CT molecular complexity index is 453. The standard InChI is InChI=1S/C12H15BrN2O3/c13-11-7-10(15(17)18)1-2-12(11)14-5-3-9(8-14)4-6-16/h1-2,7,9,16H,3-6,8H2. The van der Waals surface area contributed by atoms with Crippen molar-refractivity contribution in [3.8, 4) is 0 Å². The Kier molecular flexibility index (Phi) is 4.19. The summed E-state index contributed by atoms with van der Waals surface area (Å²) in [4.78, 5) is 12.5. The van der Waals surface area contributed by atoms with Gasteiger partial charge in [-0.3, -0.25) is 10.1 Å². The Balaban J connectivity index is 2.12. The van der Waals surface area contributed by atoms with Crippen molar-refractivity contribution in [2.75, 3.05) is 24.6 Å². The molecule has 2 rings (SSSR count). The van der Waals surface area contributed by atoms with Gasteiger partial charge in [-0.05, 0) is 40.8 Å². The largest absolute Gasteiger partial charge is 0.396 e. The van der Waals surface area contributed by atoms with Crippen LogP contribution in [-0.4, -0.2) is 29.7 Å². The molecule has 1 aromatic rings. The lowest BCUT2D eigenvalue weighted by Crippen LogP contribution is -2.20. The average Bonchev–Trinajstić information content (AvgIpc) is 2.77. The molecule has 1 aromatic carbocycles. The van der Waals surface area contributed by atoms with E-state index in [1.165, 1.54) is 12.1 Å². The SMILES string of the molecule is O=[N+]([O-])c1ccc(N2CCC(CCO)C2)c(Br)c1. The van der Waals surface area contributed by atoms with E-state index in [4.69, 9.17) is 5.11 Å². The number of nitrogens with zero attached hydrogens (tertiary/aromatic N) is 2. The molecule has 0 amide bonds. The summed E-state index contributed by atoms with van der Waals surface area (Å²) in [5.41, 5.74) is 1.08. The van der Waals surface area contributed by atoms with Gasteiger partial charge in [0.15, 0.2) is 0 Å². The fourth-order valence-corrected chi connectivity index (χ4v) is 2.95. The molecular weight excluding hydrogens is 300 g/mol. The highest BCUT2D eigenvalue weighted by Crippen LogP contribution is 2.33. The van der Waals surface area contributed by atoms with E-state index in [1.807, 2.05) is 0 Å². The maximum atomic E-state index is 10.7. The number of aliphatic hydroxyl groups is 1. The Labute approximate surface area is 114 Å². The van der Waals surface area contributed by atoms with Crippen LogP contribution in [0.3, 0.4) is 0 Å². The van der Waals surface area contributed by atoms with Crippen LogP contribution in [-0.2, 0) is 0 Å². The van der Waals surface area contributed by atoms with E-state index in [0.29, 0.717) is 5.92 Å². The number of nitro benzene ring substituents is 1. The van der Waals surface area contributed by atoms with Gasteiger partial charge in [-0.1, -0.05) is 0 Å². The highest BCUT2D eigenvalue weighted by atomic mass is 79.9. The second kappa shape index (κ2) is 5.67. The number of aliphatic hydroxyl groups excluding tert-OH is 1. The summed E-state index contributed by atoms with van der Waals surface area (Å²) in [6.45, 7) is 2.05. The zero-order valence-corrected chi connectivity index (χ0v) is 11.5. The van der Waals surface area contributed by atoms with Crippen molar-refractivity contribution in [1.29, 1.82) is 0 Å². The Morgan fingerprint density at radius 1 is 1.56 bits per heavy atom. The van der Waals surface area contributed by atoms with Crippen LogP contribution in [0.25, 0.3) is 0 Å². The molecule has 1 aliphatic rings. The van der Waals surface area contributed by atoms with Gasteiger partial charge < -0.3 is 10.0 Å². The lowest BCUT2D eigenvalue weighted by atomic mass is 10.1. The van der Waals surface area contributed by atoms with Gasteiger partial charge in [-0.2, -0.15) is 0 Å². The van der Waals surface area contributed by atoms with Crippen molar-refractivity contribution in [3.63, 3.8) is 0 Å². The van der Waals surface area contributed by atoms with Crippen molar-refractivity contribution >= 4 is 27.3 Å². The van der Waals surface area contributed by atoms with Gasteiger partial charge in [-0.15, -0.1) is 0 Å². The highest BCUT2D eigenvalue weighted by molar-refractivity contribution is 9.10. The number of rotatable bonds is 4. The molecule has 5 nitrogen and oxygen atoms in total. The molecule has 1 aliphatic heterocycles. The summed E-state index contributed by atoms with van der Waals surface area (Å²) in [6, 6.07) is 4.84. The highest BCUT2D eigenvalue weighted by Gasteiger charge is 2.24. The quantitative estimate of drug-likeness (QED) is 0.685. The number of hydrogen-bond donors (Lipinski definition) is 1. The molecule has 0 radical (unpaired) electrons. The fraction of sp³-hybridized carbons (Fsp3) is 0.500. The lowest BCUT2D eigenvalue weighted by Gasteiger charge is -2.20. The van der Waals surface area contributed by atoms with E-state index in [2.05, 4.69) is 20.8 Å². The van der Waals surface area contributed by atoms with Crippen molar-refractivity contribution in [3.05, 3.63) is 32.8 Å². The summed E-state index contributed by atoms with van der Waals surface area (Å²) >= 11 is 3.39. The van der Waals surface area contributed by atoms with Crippen molar-refractivity contribution in [2.45, 2.75) is 12.8 Å². The van der Waals surface area contributed by atoms with Crippen LogP contribution >= 0.6 is 15.9 Å². The van der Waals surface area contributed by atoms with Gasteiger partial charge in [0.2, 0.25) is 0 Å². The maximum Gasteiger partial charge on any atom is 0.270 e. The van der Waals surface area contributed by atoms with Crippen molar-refractivity contribution in [2.24, 2.45) is 5.92 Å². The Morgan fingerprint density at radius 3 is 2.94 bits per heavy atom. The molecule has 0 aliphatic carbocycles. The third-order valence-electron chi connectivity index (χ3n) is 3.31. The van der Waals surface area contributed by atoms with E-state index >= 15 is 0 Å². The molecule has 0 spiro atoms. The predicted octanol–water partition coefficient (Wildman–Crippen LogP) is 2.57. The van der Waals surface area contributed by atoms with Gasteiger partial charge in [0, 0.05) is 36.3 Å². The molecule has 1 unspecified atom stereocenters. The van der Waals surface area contributed by atoms with Crippen molar-refractivity contribution < 1.29 is 10.0 Å². The summed E-state index contributed by atoms with van der Waals surface area (Å²) in [6.07, 6.45) is 1.88. The van der Waals surface area contributed by atoms with E-state index in [1.54, 1.807) is 6.07 Å². The normalized spacial score (nSPS) is 19.2. The maximum absolute atomic E-state index is 10.7. The first-order valence-corrected chi connectivity index (χ1v) is 6.71. The number of halogens is 1. The molecule has 0 aromatic heterocycles. The third kappa shape index (κ3) is 2.81. The minimum atomic E-state index is -0.396. The van der Waals surface area contributed by atoms with E-state index in [-0.39, 0.29) is 12.3 Å². The summed E-state index contributed by atoms with van der Waals surface area (Å²) < 4.78 is 0.751. The van der Waals surface area contributed by atoms with Gasteiger partial charge in [0.05, 0.1) is 10.6 Å².